The fourth-order valence-electron chi connectivity index (χ4n) is 3.42. The quantitative estimate of drug-likeness (QED) is 0.703. The number of halogens is 1. The second-order valence-corrected chi connectivity index (χ2v) is 7.15. The minimum atomic E-state index is 0.531. The molecule has 2 rings (SSSR count). The number of rotatable bonds is 6. The summed E-state index contributed by atoms with van der Waals surface area (Å²) in [5.74, 6) is 0.925. The van der Waals surface area contributed by atoms with E-state index in [4.69, 9.17) is 0 Å². The first-order valence-corrected chi connectivity index (χ1v) is 8.91. The molecule has 0 radical (unpaired) electrons. The summed E-state index contributed by atoms with van der Waals surface area (Å²) >= 11 is 3.68. The Bertz CT molecular complexity index is 412. The molecule has 0 spiro atoms. The number of benzene rings is 1. The summed E-state index contributed by atoms with van der Waals surface area (Å²) in [6.07, 6.45) is 8.24. The molecule has 1 saturated carbocycles. The molecular weight excluding hydrogens is 310 g/mol. The fraction of sp³-hybridized carbons (Fsp3) is 0.667. The Balaban J connectivity index is 2.16. The van der Waals surface area contributed by atoms with Crippen LogP contribution in [0.3, 0.4) is 0 Å². The minimum Gasteiger partial charge on any atom is -0.310 e. The highest BCUT2D eigenvalue weighted by atomic mass is 79.9. The van der Waals surface area contributed by atoms with Crippen molar-refractivity contribution >= 4 is 15.9 Å². The predicted octanol–water partition coefficient (Wildman–Crippen LogP) is 5.69. The Hall–Kier alpha value is -0.340. The molecule has 0 saturated heterocycles. The lowest BCUT2D eigenvalue weighted by Gasteiger charge is -2.23. The molecule has 1 N–H and O–H groups in total. The summed E-state index contributed by atoms with van der Waals surface area (Å²) in [6, 6.07) is 5.25. The van der Waals surface area contributed by atoms with Gasteiger partial charge in [-0.2, -0.15) is 0 Å². The molecule has 1 aromatic carbocycles. The number of hydrogen-bond acceptors (Lipinski definition) is 1. The van der Waals surface area contributed by atoms with E-state index < -0.39 is 0 Å². The monoisotopic (exact) mass is 337 g/mol. The molecule has 0 bridgehead atoms. The van der Waals surface area contributed by atoms with Crippen molar-refractivity contribution in [3.63, 3.8) is 0 Å². The van der Waals surface area contributed by atoms with Gasteiger partial charge >= 0.3 is 0 Å². The summed E-state index contributed by atoms with van der Waals surface area (Å²) in [5.41, 5.74) is 4.19. The summed E-state index contributed by atoms with van der Waals surface area (Å²) in [4.78, 5) is 0. The van der Waals surface area contributed by atoms with Crippen LogP contribution < -0.4 is 5.32 Å². The smallest absolute Gasteiger partial charge is 0.0323 e. The lowest BCUT2D eigenvalue weighted by atomic mass is 9.92. The molecule has 2 heteroatoms. The van der Waals surface area contributed by atoms with Crippen molar-refractivity contribution in [1.82, 2.24) is 5.32 Å². The number of aryl methyl sites for hydroxylation is 2. The average molecular weight is 338 g/mol. The third kappa shape index (κ3) is 4.08. The first kappa shape index (κ1) is 16.0. The van der Waals surface area contributed by atoms with E-state index in [1.165, 1.54) is 59.7 Å². The third-order valence-electron chi connectivity index (χ3n) is 4.55. The van der Waals surface area contributed by atoms with Crippen LogP contribution in [-0.4, -0.2) is 6.54 Å². The van der Waals surface area contributed by atoms with Crippen molar-refractivity contribution in [3.05, 3.63) is 33.3 Å². The number of nitrogens with one attached hydrogen (secondary N) is 1. The van der Waals surface area contributed by atoms with E-state index in [1.807, 2.05) is 0 Å². The maximum absolute atomic E-state index is 3.77. The Morgan fingerprint density at radius 3 is 2.35 bits per heavy atom. The van der Waals surface area contributed by atoms with Gasteiger partial charge < -0.3 is 5.32 Å². The van der Waals surface area contributed by atoms with Gasteiger partial charge in [0.2, 0.25) is 0 Å². The van der Waals surface area contributed by atoms with E-state index in [-0.39, 0.29) is 0 Å². The molecule has 0 aliphatic heterocycles. The highest BCUT2D eigenvalue weighted by Gasteiger charge is 2.21. The van der Waals surface area contributed by atoms with Gasteiger partial charge in [-0.3, -0.25) is 0 Å². The highest BCUT2D eigenvalue weighted by Crippen LogP contribution is 2.34. The lowest BCUT2D eigenvalue weighted by Crippen LogP contribution is -2.24. The Labute approximate surface area is 132 Å². The first-order chi connectivity index (χ1) is 9.61. The van der Waals surface area contributed by atoms with E-state index in [2.05, 4.69) is 54.2 Å². The van der Waals surface area contributed by atoms with Gasteiger partial charge in [0.05, 0.1) is 0 Å². The Morgan fingerprint density at radius 1 is 1.20 bits per heavy atom. The first-order valence-electron chi connectivity index (χ1n) is 8.11. The largest absolute Gasteiger partial charge is 0.310 e. The van der Waals surface area contributed by atoms with Gasteiger partial charge in [0.1, 0.15) is 0 Å². The van der Waals surface area contributed by atoms with E-state index in [1.54, 1.807) is 0 Å². The van der Waals surface area contributed by atoms with Crippen molar-refractivity contribution in [1.29, 1.82) is 0 Å². The summed E-state index contributed by atoms with van der Waals surface area (Å²) in [7, 11) is 0. The van der Waals surface area contributed by atoms with E-state index in [0.717, 1.165) is 12.5 Å². The molecule has 0 aromatic heterocycles. The van der Waals surface area contributed by atoms with Crippen LogP contribution >= 0.6 is 15.9 Å². The van der Waals surface area contributed by atoms with Crippen LogP contribution in [0.1, 0.15) is 68.2 Å². The molecule has 1 atom stereocenters. The molecular formula is C18H28BrN. The molecule has 0 heterocycles. The topological polar surface area (TPSA) is 12.0 Å². The second kappa shape index (κ2) is 7.61. The van der Waals surface area contributed by atoms with Crippen molar-refractivity contribution in [3.8, 4) is 0 Å². The van der Waals surface area contributed by atoms with Crippen LogP contribution in [0.25, 0.3) is 0 Å². The standard InChI is InChI=1S/C18H28BrN/c1-4-9-20-17(12-15-7-5-6-8-15)16-10-13(2)18(19)14(3)11-16/h10-11,15,17,20H,4-9,12H2,1-3H3. The third-order valence-corrected chi connectivity index (χ3v) is 5.80. The minimum absolute atomic E-state index is 0.531. The van der Waals surface area contributed by atoms with E-state index >= 15 is 0 Å². The molecule has 0 amide bonds. The van der Waals surface area contributed by atoms with Crippen LogP contribution in [0.4, 0.5) is 0 Å². The van der Waals surface area contributed by atoms with Gasteiger partial charge in [-0.15, -0.1) is 0 Å². The zero-order chi connectivity index (χ0) is 14.5. The average Bonchev–Trinajstić information content (AvgIpc) is 2.93. The van der Waals surface area contributed by atoms with Crippen molar-refractivity contribution < 1.29 is 0 Å². The van der Waals surface area contributed by atoms with Crippen molar-refractivity contribution in [2.24, 2.45) is 5.92 Å². The molecule has 20 heavy (non-hydrogen) atoms. The predicted molar refractivity (Wildman–Crippen MR) is 91.2 cm³/mol. The maximum Gasteiger partial charge on any atom is 0.0323 e. The molecule has 1 nitrogen and oxygen atoms in total. The summed E-state index contributed by atoms with van der Waals surface area (Å²) in [5, 5.41) is 3.77. The van der Waals surface area contributed by atoms with E-state index in [9.17, 15) is 0 Å². The van der Waals surface area contributed by atoms with Gasteiger partial charge in [-0.05, 0) is 55.8 Å². The van der Waals surface area contributed by atoms with Crippen LogP contribution in [0.2, 0.25) is 0 Å². The molecule has 1 fully saturated rings. The molecule has 1 aliphatic carbocycles. The fourth-order valence-corrected chi connectivity index (χ4v) is 3.64. The lowest BCUT2D eigenvalue weighted by molar-refractivity contribution is 0.395. The van der Waals surface area contributed by atoms with Crippen molar-refractivity contribution in [2.75, 3.05) is 6.54 Å². The molecule has 112 valence electrons. The summed E-state index contributed by atoms with van der Waals surface area (Å²) in [6.45, 7) is 7.77. The Morgan fingerprint density at radius 2 is 1.80 bits per heavy atom. The summed E-state index contributed by atoms with van der Waals surface area (Å²) < 4.78 is 1.26. The van der Waals surface area contributed by atoms with Gasteiger partial charge in [0.15, 0.2) is 0 Å². The zero-order valence-corrected chi connectivity index (χ0v) is 14.7. The molecule has 1 unspecified atom stereocenters. The Kier molecular flexibility index (Phi) is 6.10. The molecule has 1 aromatic rings. The van der Waals surface area contributed by atoms with Crippen molar-refractivity contribution in [2.45, 2.75) is 65.3 Å². The van der Waals surface area contributed by atoms with Gasteiger partial charge in [0, 0.05) is 10.5 Å². The SMILES string of the molecule is CCCNC(CC1CCCC1)c1cc(C)c(Br)c(C)c1. The van der Waals surface area contributed by atoms with Gasteiger partial charge in [-0.1, -0.05) is 60.7 Å². The molecule has 1 aliphatic rings. The van der Waals surface area contributed by atoms with Crippen LogP contribution in [0.5, 0.6) is 0 Å². The van der Waals surface area contributed by atoms with Crippen LogP contribution in [-0.2, 0) is 0 Å². The maximum atomic E-state index is 3.77. The van der Waals surface area contributed by atoms with Crippen LogP contribution in [0.15, 0.2) is 16.6 Å². The van der Waals surface area contributed by atoms with Gasteiger partial charge in [0.25, 0.3) is 0 Å². The number of hydrogen-bond donors (Lipinski definition) is 1. The highest BCUT2D eigenvalue weighted by molar-refractivity contribution is 9.10. The van der Waals surface area contributed by atoms with E-state index in [0.29, 0.717) is 6.04 Å². The zero-order valence-electron chi connectivity index (χ0n) is 13.1. The normalized spacial score (nSPS) is 17.6. The van der Waals surface area contributed by atoms with Gasteiger partial charge in [-0.25, -0.2) is 0 Å². The second-order valence-electron chi connectivity index (χ2n) is 6.36. The van der Waals surface area contributed by atoms with Crippen LogP contribution in [0, 0.1) is 19.8 Å².